The molecule has 1 aromatic carbocycles. The fraction of sp³-hybridized carbons (Fsp3) is 0.692. The first kappa shape index (κ1) is 23.5. The highest BCUT2D eigenvalue weighted by molar-refractivity contribution is 5.35. The number of benzene rings is 1. The summed E-state index contributed by atoms with van der Waals surface area (Å²) in [6, 6.07) is 2.92. The lowest BCUT2D eigenvalue weighted by Gasteiger charge is -2.40. The van der Waals surface area contributed by atoms with Crippen molar-refractivity contribution in [3.8, 4) is 11.5 Å². The summed E-state index contributed by atoms with van der Waals surface area (Å²) >= 11 is 0. The normalized spacial score (nSPS) is 25.7. The van der Waals surface area contributed by atoms with E-state index in [0.29, 0.717) is 19.1 Å². The third kappa shape index (κ3) is 5.63. The van der Waals surface area contributed by atoms with E-state index in [1.165, 1.54) is 37.8 Å². The first-order valence-corrected chi connectivity index (χ1v) is 12.2. The molecule has 1 spiro atoms. The molecule has 0 unspecified atom stereocenters. The third-order valence-electron chi connectivity index (χ3n) is 7.46. The topological polar surface area (TPSA) is 36.9 Å². The first-order valence-electron chi connectivity index (χ1n) is 12.2. The standard InChI is InChI=1S/C26H36F2O4/c1-2-3-4-15-29-22-9-10-23(25(28)24(22)27)30-18-19-5-7-20(8-6-19)21-11-13-26(14-12-21)31-16-17-32-26/h2,9-10,19-21H,1,3-8,11-18H2. The lowest BCUT2D eigenvalue weighted by Crippen LogP contribution is -2.37. The van der Waals surface area contributed by atoms with Crippen molar-refractivity contribution in [2.75, 3.05) is 26.4 Å². The van der Waals surface area contributed by atoms with Gasteiger partial charge in [-0.2, -0.15) is 8.78 Å². The maximum absolute atomic E-state index is 14.4. The average Bonchev–Trinajstić information content (AvgIpc) is 3.27. The average molecular weight is 451 g/mol. The summed E-state index contributed by atoms with van der Waals surface area (Å²) in [6.45, 7) is 5.85. The summed E-state index contributed by atoms with van der Waals surface area (Å²) in [5.41, 5.74) is 0. The fourth-order valence-electron chi connectivity index (χ4n) is 5.52. The van der Waals surface area contributed by atoms with Gasteiger partial charge in [-0.1, -0.05) is 6.08 Å². The van der Waals surface area contributed by atoms with Gasteiger partial charge in [0.2, 0.25) is 11.6 Å². The summed E-state index contributed by atoms with van der Waals surface area (Å²) < 4.78 is 51.4. The van der Waals surface area contributed by atoms with Gasteiger partial charge < -0.3 is 18.9 Å². The third-order valence-corrected chi connectivity index (χ3v) is 7.46. The van der Waals surface area contributed by atoms with Crippen molar-refractivity contribution in [1.82, 2.24) is 0 Å². The highest BCUT2D eigenvalue weighted by atomic mass is 19.2. The molecule has 178 valence electrons. The van der Waals surface area contributed by atoms with Gasteiger partial charge in [0.1, 0.15) is 0 Å². The first-order chi connectivity index (χ1) is 15.6. The van der Waals surface area contributed by atoms with Crippen LogP contribution in [0.5, 0.6) is 11.5 Å². The van der Waals surface area contributed by atoms with E-state index in [-0.39, 0.29) is 17.3 Å². The van der Waals surface area contributed by atoms with Crippen LogP contribution in [0.15, 0.2) is 24.8 Å². The zero-order chi connectivity index (χ0) is 22.4. The van der Waals surface area contributed by atoms with Crippen molar-refractivity contribution in [3.63, 3.8) is 0 Å². The SMILES string of the molecule is C=CCCCOc1ccc(OCC2CCC(C3CCC4(CC3)OCCO4)CC2)c(F)c1F. The fourth-order valence-corrected chi connectivity index (χ4v) is 5.52. The Labute approximate surface area is 190 Å². The van der Waals surface area contributed by atoms with E-state index in [0.717, 1.165) is 63.6 Å². The van der Waals surface area contributed by atoms with E-state index in [1.54, 1.807) is 6.08 Å². The minimum Gasteiger partial charge on any atom is -0.490 e. The second-order valence-corrected chi connectivity index (χ2v) is 9.51. The van der Waals surface area contributed by atoms with Gasteiger partial charge in [-0.25, -0.2) is 0 Å². The molecule has 6 heteroatoms. The van der Waals surface area contributed by atoms with Crippen LogP contribution in [0.1, 0.15) is 64.2 Å². The minimum absolute atomic E-state index is 0.0304. The largest absolute Gasteiger partial charge is 0.490 e. The Morgan fingerprint density at radius 2 is 1.50 bits per heavy atom. The Morgan fingerprint density at radius 1 is 0.906 bits per heavy atom. The Hall–Kier alpha value is -1.66. The van der Waals surface area contributed by atoms with Crippen molar-refractivity contribution in [2.24, 2.45) is 17.8 Å². The molecule has 32 heavy (non-hydrogen) atoms. The quantitative estimate of drug-likeness (QED) is 0.321. The van der Waals surface area contributed by atoms with Crippen molar-refractivity contribution < 1.29 is 27.7 Å². The summed E-state index contributed by atoms with van der Waals surface area (Å²) in [6.07, 6.45) is 12.2. The van der Waals surface area contributed by atoms with Crippen LogP contribution in [0.25, 0.3) is 0 Å². The Morgan fingerprint density at radius 3 is 2.12 bits per heavy atom. The van der Waals surface area contributed by atoms with Gasteiger partial charge in [0.15, 0.2) is 17.3 Å². The molecule has 1 aromatic rings. The molecule has 1 saturated heterocycles. The number of hydrogen-bond acceptors (Lipinski definition) is 4. The second-order valence-electron chi connectivity index (χ2n) is 9.51. The van der Waals surface area contributed by atoms with Crippen LogP contribution in [0.3, 0.4) is 0 Å². The van der Waals surface area contributed by atoms with Crippen LogP contribution < -0.4 is 9.47 Å². The van der Waals surface area contributed by atoms with Crippen molar-refractivity contribution in [2.45, 2.75) is 70.0 Å². The number of ether oxygens (including phenoxy) is 4. The number of hydrogen-bond donors (Lipinski definition) is 0. The van der Waals surface area contributed by atoms with Crippen LogP contribution in [-0.2, 0) is 9.47 Å². The van der Waals surface area contributed by atoms with E-state index in [4.69, 9.17) is 18.9 Å². The van der Waals surface area contributed by atoms with Gasteiger partial charge in [0, 0.05) is 12.8 Å². The van der Waals surface area contributed by atoms with Crippen LogP contribution >= 0.6 is 0 Å². The molecule has 0 radical (unpaired) electrons. The Balaban J connectivity index is 1.19. The minimum atomic E-state index is -0.977. The number of halogens is 2. The molecule has 3 aliphatic rings. The molecule has 2 aliphatic carbocycles. The van der Waals surface area contributed by atoms with Crippen molar-refractivity contribution in [3.05, 3.63) is 36.4 Å². The molecule has 4 nitrogen and oxygen atoms in total. The van der Waals surface area contributed by atoms with E-state index in [2.05, 4.69) is 6.58 Å². The Bertz CT molecular complexity index is 744. The Kier molecular flexibility index (Phi) is 8.06. The maximum Gasteiger partial charge on any atom is 0.204 e. The number of unbranched alkanes of at least 4 members (excludes halogenated alkanes) is 1. The van der Waals surface area contributed by atoms with Crippen molar-refractivity contribution >= 4 is 0 Å². The smallest absolute Gasteiger partial charge is 0.204 e. The van der Waals surface area contributed by atoms with Crippen LogP contribution in [-0.4, -0.2) is 32.2 Å². The van der Waals surface area contributed by atoms with E-state index in [9.17, 15) is 8.78 Å². The zero-order valence-corrected chi connectivity index (χ0v) is 19.0. The lowest BCUT2D eigenvalue weighted by atomic mass is 9.70. The highest BCUT2D eigenvalue weighted by Gasteiger charge is 2.42. The molecule has 2 saturated carbocycles. The van der Waals surface area contributed by atoms with Crippen LogP contribution in [0.2, 0.25) is 0 Å². The molecule has 0 bridgehead atoms. The second kappa shape index (κ2) is 11.0. The number of allylic oxidation sites excluding steroid dienone is 1. The van der Waals surface area contributed by atoms with Crippen molar-refractivity contribution in [1.29, 1.82) is 0 Å². The van der Waals surface area contributed by atoms with Crippen LogP contribution in [0, 0.1) is 29.4 Å². The van der Waals surface area contributed by atoms with E-state index < -0.39 is 11.6 Å². The summed E-state index contributed by atoms with van der Waals surface area (Å²) in [4.78, 5) is 0. The van der Waals surface area contributed by atoms with Gasteiger partial charge in [0.05, 0.1) is 26.4 Å². The van der Waals surface area contributed by atoms with Gasteiger partial charge in [0.25, 0.3) is 0 Å². The van der Waals surface area contributed by atoms with Gasteiger partial charge >= 0.3 is 0 Å². The monoisotopic (exact) mass is 450 g/mol. The molecular weight excluding hydrogens is 414 g/mol. The molecule has 3 fully saturated rings. The summed E-state index contributed by atoms with van der Waals surface area (Å²) in [5.74, 6) is -0.438. The summed E-state index contributed by atoms with van der Waals surface area (Å²) in [5, 5.41) is 0. The molecule has 4 rings (SSSR count). The lowest BCUT2D eigenvalue weighted by molar-refractivity contribution is -0.185. The molecule has 0 aromatic heterocycles. The zero-order valence-electron chi connectivity index (χ0n) is 19.0. The van der Waals surface area contributed by atoms with Gasteiger partial charge in [-0.15, -0.1) is 6.58 Å². The van der Waals surface area contributed by atoms with E-state index >= 15 is 0 Å². The molecule has 0 amide bonds. The molecule has 1 aliphatic heterocycles. The molecular formula is C26H36F2O4. The summed E-state index contributed by atoms with van der Waals surface area (Å²) in [7, 11) is 0. The molecule has 0 N–H and O–H groups in total. The van der Waals surface area contributed by atoms with E-state index in [1.807, 2.05) is 0 Å². The highest BCUT2D eigenvalue weighted by Crippen LogP contribution is 2.45. The maximum atomic E-state index is 14.4. The molecule has 0 atom stereocenters. The molecule has 1 heterocycles. The van der Waals surface area contributed by atoms with Gasteiger partial charge in [-0.05, 0) is 81.3 Å². The predicted octanol–water partition coefficient (Wildman–Crippen LogP) is 6.43. The predicted molar refractivity (Wildman–Crippen MR) is 119 cm³/mol. The van der Waals surface area contributed by atoms with Crippen LogP contribution in [0.4, 0.5) is 8.78 Å². The van der Waals surface area contributed by atoms with Gasteiger partial charge in [-0.3, -0.25) is 0 Å². The number of rotatable bonds is 9.